The van der Waals surface area contributed by atoms with E-state index < -0.39 is 0 Å². The Kier molecular flexibility index (Phi) is 8.56. The summed E-state index contributed by atoms with van der Waals surface area (Å²) in [5.41, 5.74) is 2.09. The molecule has 0 saturated carbocycles. The molecule has 0 bridgehead atoms. The van der Waals surface area contributed by atoms with Gasteiger partial charge >= 0.3 is 0 Å². The molecule has 0 radical (unpaired) electrons. The standard InChI is InChI=1S/C23H30ClN3O4/c1-6-30-20-11-16(13-25-17-7-9-18(10-8-17)26-15(2)28)19(24)12-21(20)31-14-22(29)27-23(3,4)5/h7-12,25H,6,13-14H2,1-5H3,(H,26,28)(H,27,29). The van der Waals surface area contributed by atoms with Crippen molar-refractivity contribution in [3.63, 3.8) is 0 Å². The maximum absolute atomic E-state index is 12.1. The third kappa shape index (κ3) is 8.38. The van der Waals surface area contributed by atoms with E-state index in [4.69, 9.17) is 21.1 Å². The summed E-state index contributed by atoms with van der Waals surface area (Å²) in [6.45, 7) is 9.83. The quantitative estimate of drug-likeness (QED) is 0.522. The Labute approximate surface area is 188 Å². The minimum Gasteiger partial charge on any atom is -0.490 e. The first-order chi connectivity index (χ1) is 14.6. The second kappa shape index (κ2) is 10.9. The van der Waals surface area contributed by atoms with Gasteiger partial charge in [0.2, 0.25) is 5.91 Å². The van der Waals surface area contributed by atoms with Gasteiger partial charge in [-0.2, -0.15) is 0 Å². The number of anilines is 2. The van der Waals surface area contributed by atoms with Crippen molar-refractivity contribution >= 4 is 34.8 Å². The number of carbonyl (C=O) groups is 2. The van der Waals surface area contributed by atoms with Crippen molar-refractivity contribution in [2.24, 2.45) is 0 Å². The minimum atomic E-state index is -0.337. The first-order valence-electron chi connectivity index (χ1n) is 10.1. The molecule has 0 aliphatic rings. The lowest BCUT2D eigenvalue weighted by atomic mass is 10.1. The molecular formula is C23H30ClN3O4. The Morgan fingerprint density at radius 2 is 1.61 bits per heavy atom. The van der Waals surface area contributed by atoms with Crippen LogP contribution in [0.2, 0.25) is 5.02 Å². The van der Waals surface area contributed by atoms with E-state index in [1.54, 1.807) is 6.07 Å². The van der Waals surface area contributed by atoms with E-state index in [2.05, 4.69) is 16.0 Å². The number of hydrogen-bond donors (Lipinski definition) is 3. The van der Waals surface area contributed by atoms with Crippen LogP contribution in [0.15, 0.2) is 36.4 Å². The lowest BCUT2D eigenvalue weighted by Gasteiger charge is -2.21. The van der Waals surface area contributed by atoms with Crippen LogP contribution >= 0.6 is 11.6 Å². The molecular weight excluding hydrogens is 418 g/mol. The Hall–Kier alpha value is -2.93. The fraction of sp³-hybridized carbons (Fsp3) is 0.391. The topological polar surface area (TPSA) is 88.7 Å². The van der Waals surface area contributed by atoms with Crippen LogP contribution in [0.5, 0.6) is 11.5 Å². The zero-order valence-corrected chi connectivity index (χ0v) is 19.4. The predicted octanol–water partition coefficient (Wildman–Crippen LogP) is 4.60. The fourth-order valence-corrected chi connectivity index (χ4v) is 2.98. The number of carbonyl (C=O) groups excluding carboxylic acids is 2. The molecule has 0 unspecified atom stereocenters. The average Bonchev–Trinajstić information content (AvgIpc) is 2.66. The molecule has 0 heterocycles. The molecule has 0 aliphatic heterocycles. The molecule has 0 fully saturated rings. The third-order valence-corrected chi connectivity index (χ3v) is 4.33. The summed E-state index contributed by atoms with van der Waals surface area (Å²) in [6.07, 6.45) is 0. The highest BCUT2D eigenvalue weighted by Gasteiger charge is 2.16. The van der Waals surface area contributed by atoms with Crippen LogP contribution in [0.3, 0.4) is 0 Å². The van der Waals surface area contributed by atoms with Gasteiger partial charge in [0.25, 0.3) is 5.91 Å². The summed E-state index contributed by atoms with van der Waals surface area (Å²) in [7, 11) is 0. The molecule has 0 aliphatic carbocycles. The van der Waals surface area contributed by atoms with Crippen LogP contribution in [-0.2, 0) is 16.1 Å². The number of amides is 2. The molecule has 0 spiro atoms. The number of hydrogen-bond acceptors (Lipinski definition) is 5. The maximum atomic E-state index is 12.1. The number of rotatable bonds is 9. The van der Waals surface area contributed by atoms with Gasteiger partial charge in [-0.1, -0.05) is 11.6 Å². The molecule has 2 rings (SSSR count). The molecule has 8 heteroatoms. The number of benzene rings is 2. The van der Waals surface area contributed by atoms with Crippen molar-refractivity contribution in [3.8, 4) is 11.5 Å². The molecule has 2 aromatic carbocycles. The normalized spacial score (nSPS) is 10.9. The zero-order valence-electron chi connectivity index (χ0n) is 18.6. The van der Waals surface area contributed by atoms with Crippen LogP contribution in [0.1, 0.15) is 40.2 Å². The van der Waals surface area contributed by atoms with Crippen LogP contribution in [0.4, 0.5) is 11.4 Å². The van der Waals surface area contributed by atoms with Gasteiger partial charge in [-0.25, -0.2) is 0 Å². The summed E-state index contributed by atoms with van der Waals surface area (Å²) in [4.78, 5) is 23.2. The van der Waals surface area contributed by atoms with Gasteiger partial charge in [0.05, 0.1) is 6.61 Å². The summed E-state index contributed by atoms with van der Waals surface area (Å²) in [5.74, 6) is 0.598. The van der Waals surface area contributed by atoms with E-state index in [-0.39, 0.29) is 24.0 Å². The molecule has 0 atom stereocenters. The lowest BCUT2D eigenvalue weighted by molar-refractivity contribution is -0.124. The summed E-state index contributed by atoms with van der Waals surface area (Å²) < 4.78 is 11.4. The lowest BCUT2D eigenvalue weighted by Crippen LogP contribution is -2.43. The first kappa shape index (κ1) is 24.3. The van der Waals surface area contributed by atoms with Gasteiger partial charge in [-0.3, -0.25) is 9.59 Å². The number of nitrogens with one attached hydrogen (secondary N) is 3. The predicted molar refractivity (Wildman–Crippen MR) is 124 cm³/mol. The smallest absolute Gasteiger partial charge is 0.258 e. The number of halogens is 1. The zero-order chi connectivity index (χ0) is 23.0. The summed E-state index contributed by atoms with van der Waals surface area (Å²) in [5, 5.41) is 9.36. The summed E-state index contributed by atoms with van der Waals surface area (Å²) >= 11 is 6.45. The molecule has 2 amide bonds. The molecule has 168 valence electrons. The van der Waals surface area contributed by atoms with Crippen molar-refractivity contribution in [1.29, 1.82) is 0 Å². The number of ether oxygens (including phenoxy) is 2. The Morgan fingerprint density at radius 3 is 2.19 bits per heavy atom. The van der Waals surface area contributed by atoms with Crippen LogP contribution in [0, 0.1) is 0 Å². The molecule has 31 heavy (non-hydrogen) atoms. The molecule has 7 nitrogen and oxygen atoms in total. The molecule has 0 saturated heterocycles. The van der Waals surface area contributed by atoms with E-state index in [9.17, 15) is 9.59 Å². The summed E-state index contributed by atoms with van der Waals surface area (Å²) in [6, 6.07) is 10.8. The first-order valence-corrected chi connectivity index (χ1v) is 10.5. The van der Waals surface area contributed by atoms with Crippen molar-refractivity contribution < 1.29 is 19.1 Å². The van der Waals surface area contributed by atoms with Gasteiger partial charge in [0.15, 0.2) is 18.1 Å². The Balaban J connectivity index is 2.06. The van der Waals surface area contributed by atoms with Crippen LogP contribution in [-0.4, -0.2) is 30.6 Å². The maximum Gasteiger partial charge on any atom is 0.258 e. The third-order valence-electron chi connectivity index (χ3n) is 3.97. The van der Waals surface area contributed by atoms with E-state index in [1.807, 2.05) is 58.0 Å². The van der Waals surface area contributed by atoms with Gasteiger partial charge in [0, 0.05) is 41.5 Å². The molecule has 3 N–H and O–H groups in total. The monoisotopic (exact) mass is 447 g/mol. The second-order valence-corrected chi connectivity index (χ2v) is 8.43. The Morgan fingerprint density at radius 1 is 1.00 bits per heavy atom. The van der Waals surface area contributed by atoms with Crippen LogP contribution in [0.25, 0.3) is 0 Å². The van der Waals surface area contributed by atoms with Crippen molar-refractivity contribution in [3.05, 3.63) is 47.0 Å². The molecule has 2 aromatic rings. The van der Waals surface area contributed by atoms with E-state index in [0.29, 0.717) is 29.7 Å². The highest BCUT2D eigenvalue weighted by Crippen LogP contribution is 2.34. The van der Waals surface area contributed by atoms with Gasteiger partial charge in [-0.05, 0) is 63.6 Å². The van der Waals surface area contributed by atoms with E-state index in [0.717, 1.165) is 16.9 Å². The largest absolute Gasteiger partial charge is 0.490 e. The van der Waals surface area contributed by atoms with E-state index >= 15 is 0 Å². The van der Waals surface area contributed by atoms with Gasteiger partial charge in [-0.15, -0.1) is 0 Å². The highest BCUT2D eigenvalue weighted by molar-refractivity contribution is 6.31. The fourth-order valence-electron chi connectivity index (χ4n) is 2.76. The van der Waals surface area contributed by atoms with E-state index in [1.165, 1.54) is 6.92 Å². The van der Waals surface area contributed by atoms with Crippen molar-refractivity contribution in [2.75, 3.05) is 23.8 Å². The minimum absolute atomic E-state index is 0.117. The van der Waals surface area contributed by atoms with Crippen molar-refractivity contribution in [2.45, 2.75) is 46.7 Å². The van der Waals surface area contributed by atoms with Crippen molar-refractivity contribution in [1.82, 2.24) is 5.32 Å². The molecule has 0 aromatic heterocycles. The Bertz CT molecular complexity index is 908. The average molecular weight is 448 g/mol. The van der Waals surface area contributed by atoms with Gasteiger partial charge < -0.3 is 25.4 Å². The second-order valence-electron chi connectivity index (χ2n) is 8.02. The SMILES string of the molecule is CCOc1cc(CNc2ccc(NC(C)=O)cc2)c(Cl)cc1OCC(=O)NC(C)(C)C. The van der Waals surface area contributed by atoms with Gasteiger partial charge in [0.1, 0.15) is 0 Å². The van der Waals surface area contributed by atoms with Crippen LogP contribution < -0.4 is 25.4 Å². The highest BCUT2D eigenvalue weighted by atomic mass is 35.5.